The van der Waals surface area contributed by atoms with Crippen LogP contribution in [0.4, 0.5) is 5.00 Å². The number of H-pyrrole nitrogens is 1. The van der Waals surface area contributed by atoms with Crippen molar-refractivity contribution in [3.8, 4) is 17.0 Å². The molecule has 5 rings (SSSR count). The summed E-state index contributed by atoms with van der Waals surface area (Å²) in [6.45, 7) is 1.21. The summed E-state index contributed by atoms with van der Waals surface area (Å²) in [5, 5.41) is 23.4. The number of amides is 2. The maximum Gasteiger partial charge on any atom is 0.274 e. The highest BCUT2D eigenvalue weighted by Gasteiger charge is 2.28. The summed E-state index contributed by atoms with van der Waals surface area (Å²) in [5.41, 5.74) is 2.86. The molecule has 3 heterocycles. The van der Waals surface area contributed by atoms with Gasteiger partial charge in [-0.15, -0.1) is 11.3 Å². The highest BCUT2D eigenvalue weighted by Crippen LogP contribution is 2.39. The monoisotopic (exact) mass is 452 g/mol. The standard InChI is InChI=1S/C23H24N4O4S/c28-18-8-2-1-6-14(18)16-11-17(27-26-16)21(29)25-23-20(15-7-3-9-19(15)32-23)22(30)24-12-13-5-4-10-31-13/h1-2,6,8,11,13,28H,3-5,7,9-10,12H2,(H,24,30)(H,25,29)(H,26,27)/t13-/m0/s1. The van der Waals surface area contributed by atoms with Crippen LogP contribution in [0.2, 0.25) is 0 Å². The second kappa shape index (κ2) is 8.76. The molecule has 3 aromatic rings. The number of aromatic amines is 1. The number of hydrogen-bond acceptors (Lipinski definition) is 6. The minimum absolute atomic E-state index is 0.0569. The Bertz CT molecular complexity index is 1160. The average Bonchev–Trinajstić information content (AvgIpc) is 3.57. The molecule has 0 radical (unpaired) electrons. The lowest BCUT2D eigenvalue weighted by Gasteiger charge is -2.12. The summed E-state index contributed by atoms with van der Waals surface area (Å²) in [6.07, 6.45) is 4.80. The molecule has 0 saturated carbocycles. The normalized spacial score (nSPS) is 17.3. The summed E-state index contributed by atoms with van der Waals surface area (Å²) in [4.78, 5) is 27.1. The summed E-state index contributed by atoms with van der Waals surface area (Å²) in [6, 6.07) is 8.40. The molecule has 166 valence electrons. The fourth-order valence-electron chi connectivity index (χ4n) is 4.27. The van der Waals surface area contributed by atoms with Crippen LogP contribution in [0.3, 0.4) is 0 Å². The van der Waals surface area contributed by atoms with Gasteiger partial charge >= 0.3 is 0 Å². The number of aryl methyl sites for hydroxylation is 1. The topological polar surface area (TPSA) is 116 Å². The van der Waals surface area contributed by atoms with Crippen molar-refractivity contribution in [2.75, 3.05) is 18.5 Å². The molecule has 8 nitrogen and oxygen atoms in total. The smallest absolute Gasteiger partial charge is 0.274 e. The molecule has 2 amide bonds. The summed E-state index contributed by atoms with van der Waals surface area (Å²) in [7, 11) is 0. The van der Waals surface area contributed by atoms with Gasteiger partial charge in [0, 0.05) is 23.6 Å². The molecule has 1 atom stereocenters. The van der Waals surface area contributed by atoms with Gasteiger partial charge in [-0.3, -0.25) is 14.7 Å². The molecule has 2 aliphatic rings. The van der Waals surface area contributed by atoms with Gasteiger partial charge in [-0.1, -0.05) is 12.1 Å². The van der Waals surface area contributed by atoms with Gasteiger partial charge in [-0.05, 0) is 55.9 Å². The van der Waals surface area contributed by atoms with E-state index in [-0.39, 0.29) is 29.4 Å². The summed E-state index contributed by atoms with van der Waals surface area (Å²) < 4.78 is 5.60. The molecule has 9 heteroatoms. The number of thiophene rings is 1. The number of fused-ring (bicyclic) bond motifs is 1. The van der Waals surface area contributed by atoms with Gasteiger partial charge in [0.05, 0.1) is 17.4 Å². The van der Waals surface area contributed by atoms with Crippen LogP contribution in [0.15, 0.2) is 30.3 Å². The number of nitrogens with zero attached hydrogens (tertiary/aromatic N) is 1. The third kappa shape index (κ3) is 4.01. The Kier molecular flexibility index (Phi) is 5.67. The Labute approximate surface area is 189 Å². The Morgan fingerprint density at radius 2 is 2.09 bits per heavy atom. The third-order valence-electron chi connectivity index (χ3n) is 5.89. The lowest BCUT2D eigenvalue weighted by atomic mass is 10.1. The number of aromatic hydroxyl groups is 1. The minimum atomic E-state index is -0.382. The van der Waals surface area contributed by atoms with E-state index in [1.54, 1.807) is 30.3 Å². The number of carbonyl (C=O) groups is 2. The Balaban J connectivity index is 1.34. The second-order valence-corrected chi connectivity index (χ2v) is 9.15. The van der Waals surface area contributed by atoms with Crippen LogP contribution in [0.25, 0.3) is 11.3 Å². The molecule has 1 saturated heterocycles. The minimum Gasteiger partial charge on any atom is -0.507 e. The molecular formula is C23H24N4O4S. The number of para-hydroxylation sites is 1. The van der Waals surface area contributed by atoms with Crippen molar-refractivity contribution in [2.45, 2.75) is 38.2 Å². The number of anilines is 1. The van der Waals surface area contributed by atoms with E-state index in [0.29, 0.717) is 28.4 Å². The number of carbonyl (C=O) groups excluding carboxylic acids is 2. The molecule has 1 fully saturated rings. The van der Waals surface area contributed by atoms with Crippen molar-refractivity contribution in [1.82, 2.24) is 15.5 Å². The highest BCUT2D eigenvalue weighted by molar-refractivity contribution is 7.17. The maximum absolute atomic E-state index is 13.0. The van der Waals surface area contributed by atoms with Crippen LogP contribution in [-0.4, -0.2) is 46.4 Å². The van der Waals surface area contributed by atoms with E-state index in [9.17, 15) is 14.7 Å². The van der Waals surface area contributed by atoms with E-state index in [1.165, 1.54) is 11.3 Å². The van der Waals surface area contributed by atoms with E-state index >= 15 is 0 Å². The van der Waals surface area contributed by atoms with Crippen molar-refractivity contribution in [3.63, 3.8) is 0 Å². The Morgan fingerprint density at radius 3 is 2.91 bits per heavy atom. The van der Waals surface area contributed by atoms with Gasteiger partial charge < -0.3 is 20.5 Å². The fraction of sp³-hybridized carbons (Fsp3) is 0.348. The third-order valence-corrected chi connectivity index (χ3v) is 7.10. The van der Waals surface area contributed by atoms with Crippen LogP contribution in [0.5, 0.6) is 5.75 Å². The largest absolute Gasteiger partial charge is 0.507 e. The van der Waals surface area contributed by atoms with E-state index in [2.05, 4.69) is 20.8 Å². The van der Waals surface area contributed by atoms with Crippen LogP contribution in [0.1, 0.15) is 50.5 Å². The number of hydrogen-bond donors (Lipinski definition) is 4. The number of aromatic nitrogens is 2. The van der Waals surface area contributed by atoms with Crippen LogP contribution >= 0.6 is 11.3 Å². The number of phenolic OH excluding ortho intramolecular Hbond substituents is 1. The molecule has 2 aromatic heterocycles. The molecule has 4 N–H and O–H groups in total. The van der Waals surface area contributed by atoms with Crippen LogP contribution in [0, 0.1) is 0 Å². The first-order valence-corrected chi connectivity index (χ1v) is 11.6. The second-order valence-electron chi connectivity index (χ2n) is 8.04. The molecular weight excluding hydrogens is 428 g/mol. The zero-order valence-corrected chi connectivity index (χ0v) is 18.3. The van der Waals surface area contributed by atoms with E-state index in [1.807, 2.05) is 0 Å². The van der Waals surface area contributed by atoms with Crippen molar-refractivity contribution >= 4 is 28.2 Å². The maximum atomic E-state index is 13.0. The van der Waals surface area contributed by atoms with Gasteiger partial charge in [0.2, 0.25) is 0 Å². The highest BCUT2D eigenvalue weighted by atomic mass is 32.1. The van der Waals surface area contributed by atoms with Crippen LogP contribution < -0.4 is 10.6 Å². The van der Waals surface area contributed by atoms with E-state index < -0.39 is 0 Å². The summed E-state index contributed by atoms with van der Waals surface area (Å²) in [5.74, 6) is -0.465. The Hall–Kier alpha value is -3.17. The molecule has 1 aliphatic heterocycles. The SMILES string of the molecule is O=C(Nc1sc2c(c1C(=O)NC[C@@H]1CCCO1)CCC2)c1cc(-c2ccccc2O)n[nH]1. The lowest BCUT2D eigenvalue weighted by molar-refractivity contribution is 0.0858. The van der Waals surface area contributed by atoms with Crippen molar-refractivity contribution in [3.05, 3.63) is 52.0 Å². The van der Waals surface area contributed by atoms with Crippen molar-refractivity contribution in [2.24, 2.45) is 0 Å². The number of nitrogens with one attached hydrogen (secondary N) is 3. The first kappa shape index (κ1) is 20.7. The van der Waals surface area contributed by atoms with Gasteiger partial charge in [-0.25, -0.2) is 0 Å². The van der Waals surface area contributed by atoms with Gasteiger partial charge in [0.1, 0.15) is 16.4 Å². The molecule has 0 spiro atoms. The average molecular weight is 453 g/mol. The molecule has 1 aromatic carbocycles. The lowest BCUT2D eigenvalue weighted by Crippen LogP contribution is -2.32. The van der Waals surface area contributed by atoms with Crippen molar-refractivity contribution < 1.29 is 19.4 Å². The fourth-order valence-corrected chi connectivity index (χ4v) is 5.55. The molecule has 1 aliphatic carbocycles. The van der Waals surface area contributed by atoms with E-state index in [4.69, 9.17) is 4.74 Å². The zero-order chi connectivity index (χ0) is 22.1. The van der Waals surface area contributed by atoms with Gasteiger partial charge in [0.25, 0.3) is 11.8 Å². The number of benzene rings is 1. The van der Waals surface area contributed by atoms with E-state index in [0.717, 1.165) is 49.2 Å². The van der Waals surface area contributed by atoms with Gasteiger partial charge in [-0.2, -0.15) is 5.10 Å². The molecule has 0 bridgehead atoms. The van der Waals surface area contributed by atoms with Crippen molar-refractivity contribution in [1.29, 1.82) is 0 Å². The molecule has 32 heavy (non-hydrogen) atoms. The number of rotatable bonds is 6. The van der Waals surface area contributed by atoms with Gasteiger partial charge in [0.15, 0.2) is 0 Å². The van der Waals surface area contributed by atoms with Crippen LogP contribution in [-0.2, 0) is 17.6 Å². The predicted molar refractivity (Wildman–Crippen MR) is 121 cm³/mol. The number of ether oxygens (including phenoxy) is 1. The molecule has 0 unspecified atom stereocenters. The zero-order valence-electron chi connectivity index (χ0n) is 17.4. The first-order chi connectivity index (χ1) is 15.6. The number of phenols is 1. The predicted octanol–water partition coefficient (Wildman–Crippen LogP) is 3.49. The summed E-state index contributed by atoms with van der Waals surface area (Å²) >= 11 is 1.47. The Morgan fingerprint density at radius 1 is 1.22 bits per heavy atom. The quantitative estimate of drug-likeness (QED) is 0.457. The first-order valence-electron chi connectivity index (χ1n) is 10.8.